The summed E-state index contributed by atoms with van der Waals surface area (Å²) in [6.45, 7) is 1.70. The lowest BCUT2D eigenvalue weighted by Crippen LogP contribution is -2.18. The maximum atomic E-state index is 15.0. The Morgan fingerprint density at radius 2 is 2.00 bits per heavy atom. The third kappa shape index (κ3) is 4.29. The third-order valence-corrected chi connectivity index (χ3v) is 6.06. The Morgan fingerprint density at radius 1 is 1.16 bits per heavy atom. The summed E-state index contributed by atoms with van der Waals surface area (Å²) in [6, 6.07) is 8.71. The number of H-pyrrole nitrogens is 1. The molecule has 0 saturated carbocycles. The van der Waals surface area contributed by atoms with Crippen LogP contribution in [0.4, 0.5) is 10.1 Å². The molecule has 8 nitrogen and oxygen atoms in total. The molecule has 0 aliphatic carbocycles. The number of halogens is 1. The number of hydrogen-bond donors (Lipinski definition) is 2. The van der Waals surface area contributed by atoms with E-state index in [2.05, 4.69) is 24.9 Å². The highest BCUT2D eigenvalue weighted by Crippen LogP contribution is 2.24. The van der Waals surface area contributed by atoms with E-state index in [4.69, 9.17) is 0 Å². The van der Waals surface area contributed by atoms with Gasteiger partial charge < -0.3 is 0 Å². The van der Waals surface area contributed by atoms with Gasteiger partial charge in [0.25, 0.3) is 0 Å². The Labute approximate surface area is 177 Å². The molecule has 10 heteroatoms. The maximum Gasteiger partial charge on any atom is 0.232 e. The van der Waals surface area contributed by atoms with Crippen LogP contribution in [0.25, 0.3) is 22.3 Å². The van der Waals surface area contributed by atoms with Crippen LogP contribution in [0, 0.1) is 5.82 Å². The predicted molar refractivity (Wildman–Crippen MR) is 115 cm³/mol. The second-order valence-electron chi connectivity index (χ2n) is 6.86. The van der Waals surface area contributed by atoms with Crippen molar-refractivity contribution in [2.24, 2.45) is 0 Å². The van der Waals surface area contributed by atoms with E-state index in [1.807, 2.05) is 0 Å². The fourth-order valence-corrected chi connectivity index (χ4v) is 4.24. The molecule has 0 bridgehead atoms. The normalized spacial score (nSPS) is 11.5. The highest BCUT2D eigenvalue weighted by Gasteiger charge is 2.20. The van der Waals surface area contributed by atoms with Gasteiger partial charge in [0.1, 0.15) is 0 Å². The second-order valence-corrected chi connectivity index (χ2v) is 8.70. The minimum absolute atomic E-state index is 0.146. The summed E-state index contributed by atoms with van der Waals surface area (Å²) >= 11 is 0. The number of nitrogens with one attached hydrogen (secondary N) is 2. The fourth-order valence-electron chi connectivity index (χ4n) is 3.11. The lowest BCUT2D eigenvalue weighted by molar-refractivity contribution is 0.103. The number of carbonyl (C=O) groups is 1. The SMILES string of the molecule is CCCS(=O)(=O)Nc1cccc(C(=O)c2ccc3ncc(-c4cn[nH]c4)nc3c2)c1F. The molecule has 158 valence electrons. The van der Waals surface area contributed by atoms with Crippen molar-refractivity contribution < 1.29 is 17.6 Å². The molecule has 31 heavy (non-hydrogen) atoms. The fraction of sp³-hybridized carbons (Fsp3) is 0.143. The van der Waals surface area contributed by atoms with Gasteiger partial charge in [0.15, 0.2) is 11.6 Å². The Morgan fingerprint density at radius 3 is 2.74 bits per heavy atom. The van der Waals surface area contributed by atoms with Crippen LogP contribution < -0.4 is 4.72 Å². The zero-order chi connectivity index (χ0) is 22.0. The number of fused-ring (bicyclic) bond motifs is 1. The first-order valence-electron chi connectivity index (χ1n) is 9.47. The highest BCUT2D eigenvalue weighted by atomic mass is 32.2. The first-order chi connectivity index (χ1) is 14.9. The number of rotatable bonds is 7. The summed E-state index contributed by atoms with van der Waals surface area (Å²) in [5.74, 6) is -1.66. The highest BCUT2D eigenvalue weighted by molar-refractivity contribution is 7.92. The standard InChI is InChI=1S/C21H18FN5O3S/c1-2-8-31(29,30)27-17-5-3-4-15(20(17)22)21(28)13-6-7-16-18(9-13)26-19(12-23-16)14-10-24-25-11-14/h3-7,9-12,27H,2,8H2,1H3,(H,24,25). The Kier molecular flexibility index (Phi) is 5.47. The molecule has 2 N–H and O–H groups in total. The molecule has 0 fully saturated rings. The number of aromatic amines is 1. The van der Waals surface area contributed by atoms with Crippen LogP contribution in [0.5, 0.6) is 0 Å². The molecule has 2 aromatic heterocycles. The lowest BCUT2D eigenvalue weighted by Gasteiger charge is -2.11. The van der Waals surface area contributed by atoms with Crippen molar-refractivity contribution in [1.82, 2.24) is 20.2 Å². The summed E-state index contributed by atoms with van der Waals surface area (Å²) in [6.07, 6.45) is 5.26. The Hall–Kier alpha value is -3.66. The number of benzene rings is 2. The molecule has 0 radical (unpaired) electrons. The molecule has 0 saturated heterocycles. The molecule has 2 heterocycles. The van der Waals surface area contributed by atoms with Crippen molar-refractivity contribution in [2.45, 2.75) is 13.3 Å². The molecule has 0 spiro atoms. The molecular weight excluding hydrogens is 421 g/mol. The largest absolute Gasteiger partial charge is 0.288 e. The van der Waals surface area contributed by atoms with Crippen LogP contribution in [-0.4, -0.2) is 40.1 Å². The van der Waals surface area contributed by atoms with Gasteiger partial charge in [-0.3, -0.25) is 19.6 Å². The van der Waals surface area contributed by atoms with Gasteiger partial charge in [-0.1, -0.05) is 13.0 Å². The zero-order valence-corrected chi connectivity index (χ0v) is 17.3. The lowest BCUT2D eigenvalue weighted by atomic mass is 10.0. The number of nitrogens with zero attached hydrogens (tertiary/aromatic N) is 3. The quantitative estimate of drug-likeness (QED) is 0.425. The van der Waals surface area contributed by atoms with Crippen molar-refractivity contribution >= 4 is 32.5 Å². The van der Waals surface area contributed by atoms with Crippen LogP contribution in [0.15, 0.2) is 55.0 Å². The summed E-state index contributed by atoms with van der Waals surface area (Å²) in [7, 11) is -3.70. The summed E-state index contributed by atoms with van der Waals surface area (Å²) in [5.41, 5.74) is 2.06. The molecule has 0 unspecified atom stereocenters. The average molecular weight is 439 g/mol. The van der Waals surface area contributed by atoms with E-state index in [1.165, 1.54) is 30.3 Å². The van der Waals surface area contributed by atoms with Crippen LogP contribution in [0.3, 0.4) is 0 Å². The maximum absolute atomic E-state index is 15.0. The van der Waals surface area contributed by atoms with Crippen LogP contribution in [0.1, 0.15) is 29.3 Å². The van der Waals surface area contributed by atoms with E-state index in [0.29, 0.717) is 23.1 Å². The molecular formula is C21H18FN5O3S. The van der Waals surface area contributed by atoms with E-state index in [1.54, 1.807) is 31.6 Å². The van der Waals surface area contributed by atoms with E-state index in [9.17, 15) is 17.6 Å². The van der Waals surface area contributed by atoms with Crippen molar-refractivity contribution in [2.75, 3.05) is 10.5 Å². The summed E-state index contributed by atoms with van der Waals surface area (Å²) < 4.78 is 41.1. The molecule has 2 aromatic carbocycles. The van der Waals surface area contributed by atoms with Crippen LogP contribution in [0.2, 0.25) is 0 Å². The smallest absolute Gasteiger partial charge is 0.232 e. The van der Waals surface area contributed by atoms with Gasteiger partial charge in [-0.25, -0.2) is 17.8 Å². The first-order valence-corrected chi connectivity index (χ1v) is 11.1. The van der Waals surface area contributed by atoms with Gasteiger partial charge in [-0.15, -0.1) is 0 Å². The third-order valence-electron chi connectivity index (χ3n) is 4.58. The number of aromatic nitrogens is 4. The van der Waals surface area contributed by atoms with Gasteiger partial charge in [0.2, 0.25) is 10.0 Å². The van der Waals surface area contributed by atoms with Crippen molar-refractivity contribution in [3.05, 3.63) is 71.9 Å². The molecule has 0 amide bonds. The average Bonchev–Trinajstić information content (AvgIpc) is 3.29. The Bertz CT molecular complexity index is 1370. The van der Waals surface area contributed by atoms with E-state index in [0.717, 1.165) is 5.56 Å². The Balaban J connectivity index is 1.70. The van der Waals surface area contributed by atoms with E-state index >= 15 is 0 Å². The molecule has 4 aromatic rings. The van der Waals surface area contributed by atoms with E-state index in [-0.39, 0.29) is 22.6 Å². The topological polar surface area (TPSA) is 118 Å². The molecule has 0 aliphatic rings. The van der Waals surface area contributed by atoms with Crippen molar-refractivity contribution in [3.8, 4) is 11.3 Å². The number of anilines is 1. The zero-order valence-electron chi connectivity index (χ0n) is 16.5. The molecule has 0 atom stereocenters. The van der Waals surface area contributed by atoms with Crippen molar-refractivity contribution in [1.29, 1.82) is 0 Å². The summed E-state index contributed by atoms with van der Waals surface area (Å²) in [4.78, 5) is 21.8. The van der Waals surface area contributed by atoms with Gasteiger partial charge >= 0.3 is 0 Å². The monoisotopic (exact) mass is 439 g/mol. The van der Waals surface area contributed by atoms with Crippen LogP contribution in [-0.2, 0) is 10.0 Å². The molecule has 4 rings (SSSR count). The minimum atomic E-state index is -3.70. The number of ketones is 1. The number of hydrogen-bond acceptors (Lipinski definition) is 6. The summed E-state index contributed by atoms with van der Waals surface area (Å²) in [5, 5.41) is 6.58. The van der Waals surface area contributed by atoms with Crippen LogP contribution >= 0.6 is 0 Å². The first kappa shape index (κ1) is 20.6. The van der Waals surface area contributed by atoms with E-state index < -0.39 is 21.6 Å². The number of carbonyl (C=O) groups excluding carboxylic acids is 1. The van der Waals surface area contributed by atoms with Gasteiger partial charge in [0, 0.05) is 17.3 Å². The van der Waals surface area contributed by atoms with Crippen molar-refractivity contribution in [3.63, 3.8) is 0 Å². The minimum Gasteiger partial charge on any atom is -0.288 e. The number of sulfonamides is 1. The van der Waals surface area contributed by atoms with Gasteiger partial charge in [-0.2, -0.15) is 5.10 Å². The molecule has 0 aliphatic heterocycles. The van der Waals surface area contributed by atoms with Gasteiger partial charge in [0.05, 0.1) is 46.1 Å². The predicted octanol–water partition coefficient (Wildman–Crippen LogP) is 3.54. The second kappa shape index (κ2) is 8.23. The van der Waals surface area contributed by atoms with Gasteiger partial charge in [-0.05, 0) is 36.8 Å².